The summed E-state index contributed by atoms with van der Waals surface area (Å²) in [6.45, 7) is -0.0620. The van der Waals surface area contributed by atoms with E-state index in [-0.39, 0.29) is 29.6 Å². The normalized spacial score (nSPS) is 10.2. The third-order valence-corrected chi connectivity index (χ3v) is 3.20. The molecule has 0 saturated heterocycles. The van der Waals surface area contributed by atoms with Crippen LogP contribution in [0.15, 0.2) is 42.5 Å². The maximum absolute atomic E-state index is 13.1. The first kappa shape index (κ1) is 16.9. The van der Waals surface area contributed by atoms with Gasteiger partial charge < -0.3 is 10.1 Å². The number of nitrogens with one attached hydrogen (secondary N) is 1. The van der Waals surface area contributed by atoms with Crippen LogP contribution in [0.4, 0.5) is 8.78 Å². The van der Waals surface area contributed by atoms with Gasteiger partial charge in [-0.1, -0.05) is 29.8 Å². The topological polar surface area (TPSA) is 55.4 Å². The molecule has 23 heavy (non-hydrogen) atoms. The number of esters is 1. The van der Waals surface area contributed by atoms with E-state index in [0.717, 1.165) is 0 Å². The molecule has 0 aliphatic rings. The van der Waals surface area contributed by atoms with Crippen LogP contribution in [0.2, 0.25) is 5.02 Å². The zero-order chi connectivity index (χ0) is 16.8. The fourth-order valence-corrected chi connectivity index (χ4v) is 1.98. The summed E-state index contributed by atoms with van der Waals surface area (Å²) in [7, 11) is 0. The second-order valence-electron chi connectivity index (χ2n) is 4.50. The van der Waals surface area contributed by atoms with Gasteiger partial charge in [-0.15, -0.1) is 0 Å². The molecule has 0 fully saturated rings. The van der Waals surface area contributed by atoms with Crippen molar-refractivity contribution in [3.8, 4) is 0 Å². The van der Waals surface area contributed by atoms with Crippen molar-refractivity contribution in [2.45, 2.75) is 0 Å². The molecule has 0 atom stereocenters. The zero-order valence-corrected chi connectivity index (χ0v) is 12.6. The molecule has 0 heterocycles. The first-order chi connectivity index (χ1) is 11.0. The minimum atomic E-state index is -1.20. The van der Waals surface area contributed by atoms with Crippen molar-refractivity contribution < 1.29 is 23.1 Å². The van der Waals surface area contributed by atoms with E-state index in [0.29, 0.717) is 17.7 Å². The maximum atomic E-state index is 13.1. The van der Waals surface area contributed by atoms with Gasteiger partial charge in [0, 0.05) is 5.56 Å². The van der Waals surface area contributed by atoms with Crippen LogP contribution in [0.3, 0.4) is 0 Å². The zero-order valence-electron chi connectivity index (χ0n) is 11.8. The Bertz CT molecular complexity index is 723. The molecule has 2 rings (SSSR count). The first-order valence-electron chi connectivity index (χ1n) is 6.64. The molecule has 0 radical (unpaired) electrons. The molecule has 2 aromatic carbocycles. The van der Waals surface area contributed by atoms with Gasteiger partial charge in [0.2, 0.25) is 0 Å². The van der Waals surface area contributed by atoms with Crippen molar-refractivity contribution in [3.63, 3.8) is 0 Å². The molecule has 120 valence electrons. The number of benzene rings is 2. The lowest BCUT2D eigenvalue weighted by Gasteiger charge is -2.08. The quantitative estimate of drug-likeness (QED) is 0.517. The first-order valence-corrected chi connectivity index (χ1v) is 7.01. The number of halogens is 3. The summed E-state index contributed by atoms with van der Waals surface area (Å²) >= 11 is 5.66. The average molecular weight is 340 g/mol. The molecular formula is C16H12ClF2NO3. The van der Waals surface area contributed by atoms with Crippen molar-refractivity contribution in [2.75, 3.05) is 13.2 Å². The van der Waals surface area contributed by atoms with Crippen LogP contribution < -0.4 is 5.32 Å². The fraction of sp³-hybridized carbons (Fsp3) is 0.125. The van der Waals surface area contributed by atoms with Crippen molar-refractivity contribution >= 4 is 23.5 Å². The number of ether oxygens (including phenoxy) is 1. The Balaban J connectivity index is 1.84. The van der Waals surface area contributed by atoms with Crippen LogP contribution in [0.1, 0.15) is 20.7 Å². The van der Waals surface area contributed by atoms with Crippen molar-refractivity contribution in [3.05, 3.63) is 70.2 Å². The number of carbonyl (C=O) groups is 2. The number of hydrogen-bond donors (Lipinski definition) is 1. The van der Waals surface area contributed by atoms with E-state index in [4.69, 9.17) is 16.3 Å². The fourth-order valence-electron chi connectivity index (χ4n) is 1.76. The van der Waals surface area contributed by atoms with Gasteiger partial charge in [-0.05, 0) is 24.3 Å². The number of hydrogen-bond acceptors (Lipinski definition) is 3. The third-order valence-electron chi connectivity index (χ3n) is 2.89. The van der Waals surface area contributed by atoms with Crippen LogP contribution in [-0.4, -0.2) is 25.0 Å². The molecular weight excluding hydrogens is 328 g/mol. The van der Waals surface area contributed by atoms with E-state index in [2.05, 4.69) is 5.32 Å². The predicted molar refractivity (Wildman–Crippen MR) is 80.4 cm³/mol. The number of carbonyl (C=O) groups excluding carboxylic acids is 2. The van der Waals surface area contributed by atoms with Crippen LogP contribution in [-0.2, 0) is 4.74 Å². The van der Waals surface area contributed by atoms with Gasteiger partial charge >= 0.3 is 5.97 Å². The summed E-state index contributed by atoms with van der Waals surface area (Å²) in [5.74, 6) is -3.56. The lowest BCUT2D eigenvalue weighted by atomic mass is 10.2. The molecule has 0 aliphatic heterocycles. The van der Waals surface area contributed by atoms with Crippen LogP contribution in [0.25, 0.3) is 0 Å². The van der Waals surface area contributed by atoms with E-state index in [1.54, 1.807) is 30.3 Å². The van der Waals surface area contributed by atoms with E-state index in [1.807, 2.05) is 0 Å². The molecule has 1 N–H and O–H groups in total. The Kier molecular flexibility index (Phi) is 5.65. The van der Waals surface area contributed by atoms with Gasteiger partial charge in [0.25, 0.3) is 5.91 Å². The van der Waals surface area contributed by atoms with E-state index in [9.17, 15) is 18.4 Å². The lowest BCUT2D eigenvalue weighted by Crippen LogP contribution is -2.28. The summed E-state index contributed by atoms with van der Waals surface area (Å²) in [4.78, 5) is 23.5. The van der Waals surface area contributed by atoms with E-state index in [1.165, 1.54) is 0 Å². The maximum Gasteiger partial charge on any atom is 0.339 e. The Morgan fingerprint density at radius 3 is 2.43 bits per heavy atom. The molecule has 1 amide bonds. The van der Waals surface area contributed by atoms with Crippen molar-refractivity contribution in [1.82, 2.24) is 5.32 Å². The standard InChI is InChI=1S/C16H12ClF2NO3/c17-12-9-14(19)13(18)8-11(12)16(22)23-7-6-20-15(21)10-4-2-1-3-5-10/h1-5,8-9H,6-7H2,(H,20,21). The Morgan fingerprint density at radius 2 is 1.74 bits per heavy atom. The van der Waals surface area contributed by atoms with Crippen LogP contribution >= 0.6 is 11.6 Å². The average Bonchev–Trinajstić information content (AvgIpc) is 2.55. The van der Waals surface area contributed by atoms with E-state index >= 15 is 0 Å². The molecule has 0 bridgehead atoms. The van der Waals surface area contributed by atoms with Crippen molar-refractivity contribution in [1.29, 1.82) is 0 Å². The Hall–Kier alpha value is -2.47. The SMILES string of the molecule is O=C(NCCOC(=O)c1cc(F)c(F)cc1Cl)c1ccccc1. The minimum absolute atomic E-state index is 0.0702. The molecule has 7 heteroatoms. The number of rotatable bonds is 5. The second-order valence-corrected chi connectivity index (χ2v) is 4.91. The summed E-state index contributed by atoms with van der Waals surface area (Å²) < 4.78 is 30.9. The third kappa shape index (κ3) is 4.50. The summed E-state index contributed by atoms with van der Waals surface area (Å²) in [6, 6.07) is 9.88. The van der Waals surface area contributed by atoms with Crippen molar-refractivity contribution in [2.24, 2.45) is 0 Å². The highest BCUT2D eigenvalue weighted by molar-refractivity contribution is 6.33. The smallest absolute Gasteiger partial charge is 0.339 e. The molecule has 0 spiro atoms. The van der Waals surface area contributed by atoms with Gasteiger partial charge in [-0.25, -0.2) is 13.6 Å². The molecule has 0 unspecified atom stereocenters. The molecule has 4 nitrogen and oxygen atoms in total. The molecule has 0 aromatic heterocycles. The lowest BCUT2D eigenvalue weighted by molar-refractivity contribution is 0.0502. The van der Waals surface area contributed by atoms with Crippen LogP contribution in [0, 0.1) is 11.6 Å². The minimum Gasteiger partial charge on any atom is -0.460 e. The summed E-state index contributed by atoms with van der Waals surface area (Å²) in [5, 5.41) is 2.31. The van der Waals surface area contributed by atoms with E-state index < -0.39 is 17.6 Å². The second kappa shape index (κ2) is 7.69. The largest absolute Gasteiger partial charge is 0.460 e. The Labute approximate surface area is 136 Å². The highest BCUT2D eigenvalue weighted by Gasteiger charge is 2.16. The van der Waals surface area contributed by atoms with Crippen LogP contribution in [0.5, 0.6) is 0 Å². The van der Waals surface area contributed by atoms with Gasteiger partial charge in [0.15, 0.2) is 11.6 Å². The Morgan fingerprint density at radius 1 is 1.09 bits per heavy atom. The predicted octanol–water partition coefficient (Wildman–Crippen LogP) is 3.21. The van der Waals surface area contributed by atoms with Gasteiger partial charge in [0.05, 0.1) is 17.1 Å². The number of amides is 1. The monoisotopic (exact) mass is 339 g/mol. The van der Waals surface area contributed by atoms with Gasteiger partial charge in [-0.2, -0.15) is 0 Å². The highest BCUT2D eigenvalue weighted by atomic mass is 35.5. The van der Waals surface area contributed by atoms with Gasteiger partial charge in [0.1, 0.15) is 6.61 Å². The van der Waals surface area contributed by atoms with Gasteiger partial charge in [-0.3, -0.25) is 4.79 Å². The molecule has 0 saturated carbocycles. The summed E-state index contributed by atoms with van der Waals surface area (Å²) in [5.41, 5.74) is 0.197. The molecule has 0 aliphatic carbocycles. The molecule has 2 aromatic rings. The highest BCUT2D eigenvalue weighted by Crippen LogP contribution is 2.20. The summed E-state index contributed by atoms with van der Waals surface area (Å²) in [6.07, 6.45) is 0.